The maximum atomic E-state index is 12.2. The number of amidine groups is 1. The highest BCUT2D eigenvalue weighted by Crippen LogP contribution is 2.19. The molecule has 0 fully saturated rings. The predicted octanol–water partition coefficient (Wildman–Crippen LogP) is 3.03. The first kappa shape index (κ1) is 18.1. The zero-order valence-electron chi connectivity index (χ0n) is 13.0. The second-order valence-corrected chi connectivity index (χ2v) is 5.86. The zero-order chi connectivity index (χ0) is 18.2. The highest BCUT2D eigenvalue weighted by molar-refractivity contribution is 8.00. The Labute approximate surface area is 147 Å². The standard InChI is InChI=1S/C16H15N5O3S/c17-20-14(21-18)9-25-13-6-4-10(5-7-13)15(22)19-12-3-1-2-11(8-12)16(23)24/h1-8,17H,9,18H2,(H,19,22)(H,23,24). The molecule has 2 aromatic carbocycles. The molecule has 0 bridgehead atoms. The van der Waals surface area contributed by atoms with Crippen LogP contribution in [0.15, 0.2) is 63.6 Å². The number of nitrogens with two attached hydrogens (primary N) is 1. The molecule has 0 aliphatic rings. The fourth-order valence-corrected chi connectivity index (χ4v) is 2.65. The number of nitrogens with one attached hydrogen (secondary N) is 2. The second kappa shape index (κ2) is 8.60. The summed E-state index contributed by atoms with van der Waals surface area (Å²) in [6.07, 6.45) is 0. The van der Waals surface area contributed by atoms with E-state index in [1.165, 1.54) is 23.9 Å². The summed E-state index contributed by atoms with van der Waals surface area (Å²) in [6, 6.07) is 12.8. The summed E-state index contributed by atoms with van der Waals surface area (Å²) in [4.78, 5) is 24.0. The molecule has 0 saturated carbocycles. The first-order valence-corrected chi connectivity index (χ1v) is 8.04. The van der Waals surface area contributed by atoms with Crippen LogP contribution in [-0.4, -0.2) is 28.6 Å². The van der Waals surface area contributed by atoms with Gasteiger partial charge in [-0.15, -0.1) is 16.9 Å². The molecule has 8 nitrogen and oxygen atoms in total. The molecular formula is C16H15N5O3S. The molecule has 0 saturated heterocycles. The van der Waals surface area contributed by atoms with Gasteiger partial charge in [-0.25, -0.2) is 10.3 Å². The lowest BCUT2D eigenvalue weighted by Gasteiger charge is -2.07. The molecule has 128 valence electrons. The van der Waals surface area contributed by atoms with Crippen LogP contribution < -0.4 is 11.2 Å². The summed E-state index contributed by atoms with van der Waals surface area (Å²) in [5.41, 5.74) is 7.81. The van der Waals surface area contributed by atoms with Crippen molar-refractivity contribution in [3.8, 4) is 0 Å². The smallest absolute Gasteiger partial charge is 0.335 e. The van der Waals surface area contributed by atoms with Crippen molar-refractivity contribution in [3.63, 3.8) is 0 Å². The number of hydrazone groups is 1. The van der Waals surface area contributed by atoms with E-state index in [0.717, 1.165) is 4.90 Å². The Bertz CT molecular complexity index is 821. The molecule has 9 heteroatoms. The molecule has 0 radical (unpaired) electrons. The van der Waals surface area contributed by atoms with E-state index >= 15 is 0 Å². The van der Waals surface area contributed by atoms with Crippen molar-refractivity contribution >= 4 is 35.2 Å². The molecule has 5 N–H and O–H groups in total. The van der Waals surface area contributed by atoms with Crippen LogP contribution in [0.4, 0.5) is 5.69 Å². The van der Waals surface area contributed by atoms with Gasteiger partial charge in [-0.05, 0) is 42.5 Å². The Kier molecular flexibility index (Phi) is 6.24. The lowest BCUT2D eigenvalue weighted by atomic mass is 10.2. The van der Waals surface area contributed by atoms with E-state index in [1.807, 2.05) is 0 Å². The van der Waals surface area contributed by atoms with E-state index in [0.29, 0.717) is 17.0 Å². The number of thioether (sulfide) groups is 1. The van der Waals surface area contributed by atoms with Crippen molar-refractivity contribution in [2.45, 2.75) is 4.90 Å². The Morgan fingerprint density at radius 3 is 2.48 bits per heavy atom. The Morgan fingerprint density at radius 1 is 1.16 bits per heavy atom. The van der Waals surface area contributed by atoms with E-state index in [-0.39, 0.29) is 17.3 Å². The number of anilines is 1. The minimum atomic E-state index is -1.06. The van der Waals surface area contributed by atoms with Crippen molar-refractivity contribution in [1.29, 1.82) is 5.53 Å². The predicted molar refractivity (Wildman–Crippen MR) is 95.3 cm³/mol. The van der Waals surface area contributed by atoms with E-state index in [1.54, 1.807) is 36.4 Å². The number of aromatic carboxylic acids is 1. The van der Waals surface area contributed by atoms with Crippen LogP contribution in [0.3, 0.4) is 0 Å². The van der Waals surface area contributed by atoms with Gasteiger partial charge >= 0.3 is 5.97 Å². The number of rotatable bonds is 6. The van der Waals surface area contributed by atoms with Crippen LogP contribution >= 0.6 is 11.8 Å². The van der Waals surface area contributed by atoms with Crippen molar-refractivity contribution in [2.75, 3.05) is 11.1 Å². The quantitative estimate of drug-likeness (QED) is 0.157. The minimum absolute atomic E-state index is 0.0988. The fraction of sp³-hybridized carbons (Fsp3) is 0.0625. The topological polar surface area (TPSA) is 141 Å². The third-order valence-electron chi connectivity index (χ3n) is 3.13. The van der Waals surface area contributed by atoms with Crippen molar-refractivity contribution in [2.24, 2.45) is 16.1 Å². The van der Waals surface area contributed by atoms with Gasteiger partial charge in [0.1, 0.15) is 0 Å². The van der Waals surface area contributed by atoms with Gasteiger partial charge in [0.15, 0.2) is 5.84 Å². The average Bonchev–Trinajstić information content (AvgIpc) is 2.63. The number of benzene rings is 2. The van der Waals surface area contributed by atoms with Gasteiger partial charge in [0.2, 0.25) is 0 Å². The van der Waals surface area contributed by atoms with Crippen molar-refractivity contribution < 1.29 is 14.7 Å². The highest BCUT2D eigenvalue weighted by atomic mass is 32.2. The molecule has 0 aromatic heterocycles. The van der Waals surface area contributed by atoms with Gasteiger partial charge in [-0.3, -0.25) is 4.79 Å². The van der Waals surface area contributed by atoms with Crippen LogP contribution in [0.1, 0.15) is 20.7 Å². The van der Waals surface area contributed by atoms with Crippen LogP contribution in [0, 0.1) is 5.53 Å². The average molecular weight is 357 g/mol. The van der Waals surface area contributed by atoms with Gasteiger partial charge in [-0.1, -0.05) is 6.07 Å². The molecule has 0 aliphatic carbocycles. The molecule has 25 heavy (non-hydrogen) atoms. The number of carbonyl (C=O) groups excluding carboxylic acids is 1. The third kappa shape index (κ3) is 5.15. The van der Waals surface area contributed by atoms with Gasteiger partial charge in [0.05, 0.1) is 11.3 Å². The summed E-state index contributed by atoms with van der Waals surface area (Å²) in [5.74, 6) is 4.25. The van der Waals surface area contributed by atoms with E-state index in [9.17, 15) is 9.59 Å². The number of hydrogen-bond donors (Lipinski definition) is 4. The third-order valence-corrected chi connectivity index (χ3v) is 4.14. The Balaban J connectivity index is 2.02. The van der Waals surface area contributed by atoms with Crippen LogP contribution in [0.5, 0.6) is 0 Å². The Hall–Kier alpha value is -3.20. The SMILES string of the molecule is N=NC(CSc1ccc(C(=O)Nc2cccc(C(=O)O)c2)cc1)=NN. The molecule has 2 rings (SSSR count). The van der Waals surface area contributed by atoms with E-state index in [2.05, 4.69) is 15.5 Å². The van der Waals surface area contributed by atoms with E-state index < -0.39 is 5.97 Å². The summed E-state index contributed by atoms with van der Waals surface area (Å²) >= 11 is 1.39. The summed E-state index contributed by atoms with van der Waals surface area (Å²) in [5, 5.41) is 18.2. The number of carboxylic acid groups (broad SMARTS) is 1. The van der Waals surface area contributed by atoms with Gasteiger partial charge in [0.25, 0.3) is 5.91 Å². The number of carbonyl (C=O) groups is 2. The molecule has 0 aliphatic heterocycles. The van der Waals surface area contributed by atoms with Crippen molar-refractivity contribution in [3.05, 3.63) is 59.7 Å². The number of hydrogen-bond acceptors (Lipinski definition) is 6. The molecular weight excluding hydrogens is 342 g/mol. The summed E-state index contributed by atoms with van der Waals surface area (Å²) in [7, 11) is 0. The fourth-order valence-electron chi connectivity index (χ4n) is 1.88. The largest absolute Gasteiger partial charge is 0.478 e. The number of nitrogens with zero attached hydrogens (tertiary/aromatic N) is 2. The first-order valence-electron chi connectivity index (χ1n) is 7.05. The minimum Gasteiger partial charge on any atom is -0.478 e. The van der Waals surface area contributed by atoms with Gasteiger partial charge in [0, 0.05) is 16.1 Å². The van der Waals surface area contributed by atoms with Gasteiger partial charge < -0.3 is 16.3 Å². The number of carboxylic acids is 1. The summed E-state index contributed by atoms with van der Waals surface area (Å²) < 4.78 is 0. The normalized spacial score (nSPS) is 11.0. The second-order valence-electron chi connectivity index (χ2n) is 4.81. The van der Waals surface area contributed by atoms with Crippen LogP contribution in [0.2, 0.25) is 0 Å². The Morgan fingerprint density at radius 2 is 1.88 bits per heavy atom. The van der Waals surface area contributed by atoms with Crippen LogP contribution in [-0.2, 0) is 0 Å². The monoisotopic (exact) mass is 357 g/mol. The summed E-state index contributed by atoms with van der Waals surface area (Å²) in [6.45, 7) is 0. The molecule has 0 heterocycles. The molecule has 0 unspecified atom stereocenters. The molecule has 0 spiro atoms. The molecule has 0 atom stereocenters. The zero-order valence-corrected chi connectivity index (χ0v) is 13.8. The highest BCUT2D eigenvalue weighted by Gasteiger charge is 2.09. The van der Waals surface area contributed by atoms with Crippen LogP contribution in [0.25, 0.3) is 0 Å². The van der Waals surface area contributed by atoms with Crippen molar-refractivity contribution in [1.82, 2.24) is 0 Å². The molecule has 1 amide bonds. The lowest BCUT2D eigenvalue weighted by Crippen LogP contribution is -2.12. The van der Waals surface area contributed by atoms with E-state index in [4.69, 9.17) is 16.5 Å². The van der Waals surface area contributed by atoms with Gasteiger partial charge in [-0.2, -0.15) is 5.10 Å². The molecule has 2 aromatic rings. The lowest BCUT2D eigenvalue weighted by molar-refractivity contribution is 0.0696. The maximum Gasteiger partial charge on any atom is 0.335 e. The maximum absolute atomic E-state index is 12.2. The first-order chi connectivity index (χ1) is 12.0. The number of amides is 1.